The summed E-state index contributed by atoms with van der Waals surface area (Å²) in [5.74, 6) is 1.03. The highest BCUT2D eigenvalue weighted by molar-refractivity contribution is 7.26. The molecule has 7 rings (SSSR count). The van der Waals surface area contributed by atoms with Crippen LogP contribution in [0.3, 0.4) is 0 Å². The van der Waals surface area contributed by atoms with Crippen LogP contribution in [0.15, 0.2) is 126 Å². The number of nitrogens with zero attached hydrogens (tertiary/aromatic N) is 2. The molecule has 4 heteroatoms. The number of rotatable bonds is 4. The summed E-state index contributed by atoms with van der Waals surface area (Å²) in [4.78, 5) is 0. The molecule has 0 radical (unpaired) electrons. The van der Waals surface area contributed by atoms with Crippen LogP contribution >= 0.6 is 11.3 Å². The van der Waals surface area contributed by atoms with Crippen molar-refractivity contribution in [1.29, 1.82) is 0 Å². The largest absolute Gasteiger partial charge is 0.416 e. The molecule has 0 N–H and O–H groups in total. The Morgan fingerprint density at radius 2 is 1.00 bits per heavy atom. The summed E-state index contributed by atoms with van der Waals surface area (Å²) in [5.41, 5.74) is 6.56. The van der Waals surface area contributed by atoms with E-state index < -0.39 is 0 Å². The van der Waals surface area contributed by atoms with Gasteiger partial charge in [-0.3, -0.25) is 0 Å². The molecule has 0 atom stereocenters. The summed E-state index contributed by atoms with van der Waals surface area (Å²) >= 11 is 1.84. The average Bonchev–Trinajstić information content (AvgIpc) is 3.59. The molecule has 0 aliphatic carbocycles. The van der Waals surface area contributed by atoms with E-state index in [4.69, 9.17) is 4.42 Å². The van der Waals surface area contributed by atoms with Crippen molar-refractivity contribution in [2.24, 2.45) is 0 Å². The highest BCUT2D eigenvalue weighted by Gasteiger charge is 2.13. The van der Waals surface area contributed by atoms with Crippen molar-refractivity contribution in [3.8, 4) is 45.2 Å². The SMILES string of the molecule is c1ccc(-c2ccc(-c3nnc(-c4ccc(-c5cccc6c5sc5ccccc56)cc4)o3)cc2)cc1. The minimum absolute atomic E-state index is 0.517. The van der Waals surface area contributed by atoms with Crippen molar-refractivity contribution in [2.45, 2.75) is 0 Å². The smallest absolute Gasteiger partial charge is 0.248 e. The molecule has 2 heterocycles. The van der Waals surface area contributed by atoms with Crippen LogP contribution in [0.4, 0.5) is 0 Å². The summed E-state index contributed by atoms with van der Waals surface area (Å²) in [5, 5.41) is 11.2. The van der Waals surface area contributed by atoms with E-state index in [9.17, 15) is 0 Å². The summed E-state index contributed by atoms with van der Waals surface area (Å²) in [6.07, 6.45) is 0. The molecular formula is C32H20N2OS. The zero-order valence-corrected chi connectivity index (χ0v) is 20.1. The van der Waals surface area contributed by atoms with Gasteiger partial charge in [-0.1, -0.05) is 91.0 Å². The first kappa shape index (κ1) is 20.8. The Morgan fingerprint density at radius 1 is 0.444 bits per heavy atom. The first-order valence-corrected chi connectivity index (χ1v) is 12.7. The normalized spacial score (nSPS) is 11.3. The molecule has 5 aromatic carbocycles. The monoisotopic (exact) mass is 480 g/mol. The molecule has 0 spiro atoms. The number of hydrogen-bond acceptors (Lipinski definition) is 4. The standard InChI is InChI=1S/C32H20N2OS/c1-2-7-21(8-3-1)22-13-17-24(18-14-22)31-33-34-32(35-31)25-19-15-23(16-20-25)26-10-6-11-28-27-9-4-5-12-29(27)36-30(26)28/h1-20H. The van der Waals surface area contributed by atoms with Gasteiger partial charge in [0.05, 0.1) is 0 Å². The molecule has 0 unspecified atom stereocenters. The molecule has 0 aliphatic heterocycles. The summed E-state index contributed by atoms with van der Waals surface area (Å²) in [7, 11) is 0. The maximum absolute atomic E-state index is 6.04. The topological polar surface area (TPSA) is 38.9 Å². The maximum atomic E-state index is 6.04. The van der Waals surface area contributed by atoms with E-state index in [1.807, 2.05) is 41.7 Å². The number of aromatic nitrogens is 2. The predicted octanol–water partition coefficient (Wildman–Crippen LogP) is 9.11. The second-order valence-corrected chi connectivity index (χ2v) is 9.77. The third-order valence-corrected chi connectivity index (χ3v) is 7.73. The van der Waals surface area contributed by atoms with Crippen molar-refractivity contribution < 1.29 is 4.42 Å². The van der Waals surface area contributed by atoms with Crippen molar-refractivity contribution in [3.05, 3.63) is 121 Å². The summed E-state index contributed by atoms with van der Waals surface area (Å²) < 4.78 is 8.66. The van der Waals surface area contributed by atoms with Gasteiger partial charge in [-0.2, -0.15) is 0 Å². The minimum atomic E-state index is 0.517. The van der Waals surface area contributed by atoms with Crippen LogP contribution in [0.2, 0.25) is 0 Å². The van der Waals surface area contributed by atoms with Crippen molar-refractivity contribution in [1.82, 2.24) is 10.2 Å². The Hall–Kier alpha value is -4.54. The van der Waals surface area contributed by atoms with Crippen LogP contribution in [0.5, 0.6) is 0 Å². The van der Waals surface area contributed by atoms with Crippen LogP contribution < -0.4 is 0 Å². The first-order valence-electron chi connectivity index (χ1n) is 11.8. The molecule has 0 amide bonds. The Bertz CT molecular complexity index is 1810. The number of hydrogen-bond donors (Lipinski definition) is 0. The van der Waals surface area contributed by atoms with Gasteiger partial charge in [-0.05, 0) is 52.6 Å². The van der Waals surface area contributed by atoms with E-state index in [0.29, 0.717) is 11.8 Å². The van der Waals surface area contributed by atoms with Crippen molar-refractivity contribution in [3.63, 3.8) is 0 Å². The van der Waals surface area contributed by atoms with Gasteiger partial charge in [0.15, 0.2) is 0 Å². The zero-order chi connectivity index (χ0) is 23.9. The Kier molecular flexibility index (Phi) is 4.97. The first-order chi connectivity index (χ1) is 17.8. The van der Waals surface area contributed by atoms with Gasteiger partial charge in [0.1, 0.15) is 0 Å². The van der Waals surface area contributed by atoms with Gasteiger partial charge in [0, 0.05) is 31.3 Å². The minimum Gasteiger partial charge on any atom is -0.416 e. The van der Waals surface area contributed by atoms with Gasteiger partial charge < -0.3 is 4.42 Å². The fourth-order valence-electron chi connectivity index (χ4n) is 4.66. The Labute approximate surface area is 212 Å². The number of thiophene rings is 1. The van der Waals surface area contributed by atoms with E-state index in [0.717, 1.165) is 16.7 Å². The van der Waals surface area contributed by atoms with E-state index in [1.165, 1.54) is 36.9 Å². The maximum Gasteiger partial charge on any atom is 0.248 e. The van der Waals surface area contributed by atoms with Gasteiger partial charge in [0.2, 0.25) is 11.8 Å². The third kappa shape index (κ3) is 3.60. The summed E-state index contributed by atoms with van der Waals surface area (Å²) in [6, 6.07) is 42.0. The molecule has 7 aromatic rings. The molecule has 0 bridgehead atoms. The molecule has 36 heavy (non-hydrogen) atoms. The van der Waals surface area contributed by atoms with Crippen molar-refractivity contribution >= 4 is 31.5 Å². The second-order valence-electron chi connectivity index (χ2n) is 8.71. The van der Waals surface area contributed by atoms with Crippen LogP contribution in [0, 0.1) is 0 Å². The molecule has 3 nitrogen and oxygen atoms in total. The number of benzene rings is 5. The van der Waals surface area contributed by atoms with Crippen LogP contribution in [-0.4, -0.2) is 10.2 Å². The van der Waals surface area contributed by atoms with Crippen LogP contribution in [-0.2, 0) is 0 Å². The highest BCUT2D eigenvalue weighted by atomic mass is 32.1. The fourth-order valence-corrected chi connectivity index (χ4v) is 5.90. The van der Waals surface area contributed by atoms with Crippen LogP contribution in [0.1, 0.15) is 0 Å². The van der Waals surface area contributed by atoms with Gasteiger partial charge in [0.25, 0.3) is 0 Å². The molecule has 0 saturated heterocycles. The molecule has 0 aliphatic rings. The number of fused-ring (bicyclic) bond motifs is 3. The lowest BCUT2D eigenvalue weighted by Crippen LogP contribution is -1.81. The Morgan fingerprint density at radius 3 is 1.72 bits per heavy atom. The van der Waals surface area contributed by atoms with E-state index in [1.54, 1.807) is 0 Å². The van der Waals surface area contributed by atoms with E-state index in [-0.39, 0.29) is 0 Å². The van der Waals surface area contributed by atoms with Crippen LogP contribution in [0.25, 0.3) is 65.3 Å². The molecule has 0 saturated carbocycles. The lowest BCUT2D eigenvalue weighted by atomic mass is 10.0. The quantitative estimate of drug-likeness (QED) is 0.252. The lowest BCUT2D eigenvalue weighted by Gasteiger charge is -2.04. The van der Waals surface area contributed by atoms with Crippen molar-refractivity contribution in [2.75, 3.05) is 0 Å². The fraction of sp³-hybridized carbons (Fsp3) is 0. The lowest BCUT2D eigenvalue weighted by molar-refractivity contribution is 0.584. The predicted molar refractivity (Wildman–Crippen MR) is 149 cm³/mol. The molecular weight excluding hydrogens is 460 g/mol. The Balaban J connectivity index is 1.18. The zero-order valence-electron chi connectivity index (χ0n) is 19.3. The van der Waals surface area contributed by atoms with E-state index in [2.05, 4.69) is 101 Å². The third-order valence-electron chi connectivity index (χ3n) is 6.51. The van der Waals surface area contributed by atoms with Gasteiger partial charge >= 0.3 is 0 Å². The summed E-state index contributed by atoms with van der Waals surface area (Å²) in [6.45, 7) is 0. The highest BCUT2D eigenvalue weighted by Crippen LogP contribution is 2.40. The molecule has 0 fully saturated rings. The molecule has 170 valence electrons. The average molecular weight is 481 g/mol. The van der Waals surface area contributed by atoms with E-state index >= 15 is 0 Å². The van der Waals surface area contributed by atoms with Gasteiger partial charge in [-0.25, -0.2) is 0 Å². The van der Waals surface area contributed by atoms with Gasteiger partial charge in [-0.15, -0.1) is 21.5 Å². The second kappa shape index (κ2) is 8.59. The molecule has 2 aromatic heterocycles.